The number of piperazine rings is 1. The molecule has 2 fully saturated rings. The third-order valence-corrected chi connectivity index (χ3v) is 8.26. The topological polar surface area (TPSA) is 66.9 Å². The van der Waals surface area contributed by atoms with Crippen molar-refractivity contribution in [2.75, 3.05) is 32.8 Å². The summed E-state index contributed by atoms with van der Waals surface area (Å²) in [6, 6.07) is 5.05. The summed E-state index contributed by atoms with van der Waals surface area (Å²) in [5.74, 6) is -0.166. The Kier molecular flexibility index (Phi) is 6.15. The van der Waals surface area contributed by atoms with Gasteiger partial charge in [-0.2, -0.15) is 4.31 Å². The molecule has 0 N–H and O–H groups in total. The molecule has 0 radical (unpaired) electrons. The zero-order chi connectivity index (χ0) is 19.7. The van der Waals surface area contributed by atoms with Crippen LogP contribution in [0.1, 0.15) is 38.2 Å². The van der Waals surface area contributed by atoms with Crippen molar-refractivity contribution >= 4 is 27.6 Å². The van der Waals surface area contributed by atoms with Crippen molar-refractivity contribution in [2.24, 2.45) is 0 Å². The summed E-state index contributed by atoms with van der Waals surface area (Å²) in [4.78, 5) is 14.9. The molecule has 1 saturated carbocycles. The Morgan fingerprint density at radius 1 is 1.19 bits per heavy atom. The highest BCUT2D eigenvalue weighted by Crippen LogP contribution is 2.38. The Bertz CT molecular complexity index is 798. The zero-order valence-electron chi connectivity index (χ0n) is 15.9. The van der Waals surface area contributed by atoms with E-state index in [9.17, 15) is 13.2 Å². The summed E-state index contributed by atoms with van der Waals surface area (Å²) in [6.45, 7) is 5.68. The van der Waals surface area contributed by atoms with Gasteiger partial charge in [0.1, 0.15) is 10.4 Å². The molecule has 1 aromatic carbocycles. The first kappa shape index (κ1) is 20.6. The molecule has 6 nitrogen and oxygen atoms in total. The lowest BCUT2D eigenvalue weighted by Gasteiger charge is -2.43. The minimum Gasteiger partial charge on any atom is -0.465 e. The summed E-state index contributed by atoms with van der Waals surface area (Å²) < 4.78 is 32.9. The predicted octanol–water partition coefficient (Wildman–Crippen LogP) is 2.83. The minimum atomic E-state index is -3.65. The van der Waals surface area contributed by atoms with Crippen LogP contribution in [0.3, 0.4) is 0 Å². The second-order valence-corrected chi connectivity index (χ2v) is 9.52. The standard InChI is InChI=1S/C19H27ClN2O4S/c1-3-26-18(23)19(9-4-5-10-19)21-11-13-22(14-12-21)27(24,25)16-8-6-7-15(2)17(16)20/h6-8H,3-5,9-14H2,1-2H3. The summed E-state index contributed by atoms with van der Waals surface area (Å²) >= 11 is 6.25. The van der Waals surface area contributed by atoms with Crippen LogP contribution in [0.25, 0.3) is 0 Å². The van der Waals surface area contributed by atoms with E-state index in [1.54, 1.807) is 25.1 Å². The number of ether oxygens (including phenoxy) is 1. The molecule has 1 aliphatic heterocycles. The third kappa shape index (κ3) is 3.75. The predicted molar refractivity (Wildman–Crippen MR) is 104 cm³/mol. The van der Waals surface area contributed by atoms with Crippen molar-refractivity contribution < 1.29 is 17.9 Å². The Labute approximate surface area is 166 Å². The number of hydrogen-bond acceptors (Lipinski definition) is 5. The maximum atomic E-state index is 13.0. The normalized spacial score (nSPS) is 21.3. The SMILES string of the molecule is CCOC(=O)C1(N2CCN(S(=O)(=O)c3cccc(C)c3Cl)CC2)CCCC1. The van der Waals surface area contributed by atoms with E-state index in [1.807, 2.05) is 6.92 Å². The Morgan fingerprint density at radius 3 is 2.41 bits per heavy atom. The first-order valence-corrected chi connectivity index (χ1v) is 11.3. The van der Waals surface area contributed by atoms with Crippen LogP contribution in [-0.2, 0) is 19.6 Å². The average Bonchev–Trinajstić information content (AvgIpc) is 3.15. The number of esters is 1. The molecule has 0 aromatic heterocycles. The number of carbonyl (C=O) groups is 1. The average molecular weight is 415 g/mol. The highest BCUT2D eigenvalue weighted by atomic mass is 35.5. The van der Waals surface area contributed by atoms with Gasteiger partial charge in [0, 0.05) is 26.2 Å². The van der Waals surface area contributed by atoms with E-state index in [-0.39, 0.29) is 15.9 Å². The van der Waals surface area contributed by atoms with E-state index in [2.05, 4.69) is 4.90 Å². The quantitative estimate of drug-likeness (QED) is 0.693. The first-order chi connectivity index (χ1) is 12.8. The van der Waals surface area contributed by atoms with Gasteiger partial charge in [0.25, 0.3) is 0 Å². The first-order valence-electron chi connectivity index (χ1n) is 9.50. The van der Waals surface area contributed by atoms with Gasteiger partial charge in [-0.05, 0) is 38.3 Å². The molecule has 0 bridgehead atoms. The molecule has 8 heteroatoms. The molecule has 0 unspecified atom stereocenters. The number of carbonyl (C=O) groups excluding carboxylic acids is 1. The second-order valence-electron chi connectivity index (χ2n) is 7.24. The Morgan fingerprint density at radius 2 is 1.81 bits per heavy atom. The van der Waals surface area contributed by atoms with E-state index >= 15 is 0 Å². The van der Waals surface area contributed by atoms with Gasteiger partial charge >= 0.3 is 5.97 Å². The fourth-order valence-electron chi connectivity index (χ4n) is 4.19. The molecular weight excluding hydrogens is 388 g/mol. The van der Waals surface area contributed by atoms with E-state index in [1.165, 1.54) is 4.31 Å². The van der Waals surface area contributed by atoms with E-state index in [4.69, 9.17) is 16.3 Å². The van der Waals surface area contributed by atoms with Crippen molar-refractivity contribution in [3.05, 3.63) is 28.8 Å². The lowest BCUT2D eigenvalue weighted by molar-refractivity contribution is -0.158. The van der Waals surface area contributed by atoms with Crippen molar-refractivity contribution in [3.8, 4) is 0 Å². The molecule has 3 rings (SSSR count). The summed E-state index contributed by atoms with van der Waals surface area (Å²) in [5.41, 5.74) is 0.149. The monoisotopic (exact) mass is 414 g/mol. The zero-order valence-corrected chi connectivity index (χ0v) is 17.5. The van der Waals surface area contributed by atoms with Crippen molar-refractivity contribution in [2.45, 2.75) is 50.0 Å². The van der Waals surface area contributed by atoms with Gasteiger partial charge in [-0.3, -0.25) is 9.69 Å². The lowest BCUT2D eigenvalue weighted by atomic mass is 9.94. The van der Waals surface area contributed by atoms with Crippen molar-refractivity contribution in [3.63, 3.8) is 0 Å². The maximum Gasteiger partial charge on any atom is 0.326 e. The van der Waals surface area contributed by atoms with Crippen LogP contribution in [-0.4, -0.2) is 61.9 Å². The number of rotatable bonds is 5. The largest absolute Gasteiger partial charge is 0.465 e. The highest BCUT2D eigenvalue weighted by molar-refractivity contribution is 7.89. The number of sulfonamides is 1. The van der Waals surface area contributed by atoms with E-state index in [0.29, 0.717) is 32.8 Å². The number of halogens is 1. The van der Waals surface area contributed by atoms with Crippen LogP contribution < -0.4 is 0 Å². The fourth-order valence-corrected chi connectivity index (χ4v) is 6.17. The fraction of sp³-hybridized carbons (Fsp3) is 0.632. The maximum absolute atomic E-state index is 13.0. The summed E-state index contributed by atoms with van der Waals surface area (Å²) in [7, 11) is -3.65. The molecule has 0 amide bonds. The third-order valence-electron chi connectivity index (χ3n) is 5.70. The van der Waals surface area contributed by atoms with E-state index in [0.717, 1.165) is 31.2 Å². The summed E-state index contributed by atoms with van der Waals surface area (Å²) in [5, 5.41) is 0.277. The number of nitrogens with zero attached hydrogens (tertiary/aromatic N) is 2. The molecule has 0 atom stereocenters. The second kappa shape index (κ2) is 8.07. The molecule has 27 heavy (non-hydrogen) atoms. The van der Waals surface area contributed by atoms with Gasteiger partial charge in [0.05, 0.1) is 11.6 Å². The van der Waals surface area contributed by atoms with Gasteiger partial charge in [0.15, 0.2) is 0 Å². The van der Waals surface area contributed by atoms with Crippen LogP contribution in [0, 0.1) is 6.92 Å². The Hall–Kier alpha value is -1.15. The van der Waals surface area contributed by atoms with Crippen LogP contribution in [0.15, 0.2) is 23.1 Å². The van der Waals surface area contributed by atoms with Gasteiger partial charge < -0.3 is 4.74 Å². The van der Waals surface area contributed by atoms with Gasteiger partial charge in [0.2, 0.25) is 10.0 Å². The molecule has 1 aromatic rings. The van der Waals surface area contributed by atoms with Gasteiger partial charge in [-0.15, -0.1) is 0 Å². The van der Waals surface area contributed by atoms with Gasteiger partial charge in [-0.25, -0.2) is 8.42 Å². The van der Waals surface area contributed by atoms with E-state index < -0.39 is 15.6 Å². The summed E-state index contributed by atoms with van der Waals surface area (Å²) in [6.07, 6.45) is 3.55. The number of aryl methyl sites for hydroxylation is 1. The molecule has 1 saturated heterocycles. The molecule has 1 aliphatic carbocycles. The van der Waals surface area contributed by atoms with Crippen molar-refractivity contribution in [1.29, 1.82) is 0 Å². The molecule has 2 aliphatic rings. The van der Waals surface area contributed by atoms with Crippen LogP contribution in [0.4, 0.5) is 0 Å². The number of benzene rings is 1. The molecule has 150 valence electrons. The number of hydrogen-bond donors (Lipinski definition) is 0. The Balaban J connectivity index is 1.76. The van der Waals surface area contributed by atoms with Gasteiger partial charge in [-0.1, -0.05) is 36.6 Å². The lowest BCUT2D eigenvalue weighted by Crippen LogP contribution is -2.60. The van der Waals surface area contributed by atoms with Crippen LogP contribution in [0.5, 0.6) is 0 Å². The minimum absolute atomic E-state index is 0.151. The molecule has 0 spiro atoms. The van der Waals surface area contributed by atoms with Crippen LogP contribution >= 0.6 is 11.6 Å². The van der Waals surface area contributed by atoms with Crippen molar-refractivity contribution in [1.82, 2.24) is 9.21 Å². The smallest absolute Gasteiger partial charge is 0.326 e. The molecule has 1 heterocycles. The molecular formula is C19H27ClN2O4S. The highest BCUT2D eigenvalue weighted by Gasteiger charge is 2.48. The van der Waals surface area contributed by atoms with Crippen LogP contribution in [0.2, 0.25) is 5.02 Å².